The molecule has 3 aliphatic heterocycles. The summed E-state index contributed by atoms with van der Waals surface area (Å²) in [5.41, 5.74) is -0.270. The Morgan fingerprint density at radius 1 is 1.06 bits per heavy atom. The van der Waals surface area contributed by atoms with Crippen molar-refractivity contribution in [3.05, 3.63) is 50.3 Å². The Morgan fingerprint density at radius 3 is 2.77 bits per heavy atom. The Labute approximate surface area is 179 Å². The van der Waals surface area contributed by atoms with Crippen LogP contribution < -0.4 is 20.6 Å². The summed E-state index contributed by atoms with van der Waals surface area (Å²) in [7, 11) is 0. The molecule has 1 aromatic heterocycles. The van der Waals surface area contributed by atoms with Crippen molar-refractivity contribution in [1.82, 2.24) is 19.2 Å². The minimum atomic E-state index is -0.497. The molecule has 2 aromatic rings. The first-order valence-corrected chi connectivity index (χ1v) is 11.1. The molecule has 1 spiro atoms. The van der Waals surface area contributed by atoms with Crippen LogP contribution in [0.25, 0.3) is 0 Å². The fourth-order valence-corrected chi connectivity index (χ4v) is 5.38. The summed E-state index contributed by atoms with van der Waals surface area (Å²) in [5.74, 6) is 2.13. The van der Waals surface area contributed by atoms with Crippen molar-refractivity contribution >= 4 is 0 Å². The lowest BCUT2D eigenvalue weighted by Gasteiger charge is -2.35. The van der Waals surface area contributed by atoms with Gasteiger partial charge in [-0.3, -0.25) is 19.1 Å². The highest BCUT2D eigenvalue weighted by Gasteiger charge is 2.43. The van der Waals surface area contributed by atoms with E-state index >= 15 is 0 Å². The van der Waals surface area contributed by atoms with Gasteiger partial charge in [0.1, 0.15) is 12.2 Å². The SMILES string of the molecule is O=c1c(=O)n2c(nn1C1CCCC1)CO[C@]1(CCN(Cc3ccc4c(c3)OCO4)C1)C2. The zero-order valence-corrected chi connectivity index (χ0v) is 17.4. The maximum absolute atomic E-state index is 12.9. The lowest BCUT2D eigenvalue weighted by Crippen LogP contribution is -2.53. The third-order valence-electron chi connectivity index (χ3n) is 7.03. The highest BCUT2D eigenvalue weighted by molar-refractivity contribution is 5.44. The largest absolute Gasteiger partial charge is 0.454 e. The van der Waals surface area contributed by atoms with Crippen LogP contribution in [0.5, 0.6) is 11.5 Å². The summed E-state index contributed by atoms with van der Waals surface area (Å²) in [6.45, 7) is 3.26. The first-order valence-electron chi connectivity index (χ1n) is 11.1. The molecule has 9 heteroatoms. The van der Waals surface area contributed by atoms with Gasteiger partial charge < -0.3 is 14.2 Å². The standard InChI is InChI=1S/C22H26N4O5/c27-20-21(28)26(16-3-1-2-4-16)23-19-11-31-22(13-25(19)20)7-8-24(12-22)10-15-5-6-17-18(9-15)30-14-29-17/h5-6,9,16H,1-4,7-8,10-14H2/t22-/m0/s1. The number of fused-ring (bicyclic) bond motifs is 2. The van der Waals surface area contributed by atoms with Gasteiger partial charge in [0.25, 0.3) is 0 Å². The number of rotatable bonds is 3. The Bertz CT molecular complexity index is 1140. The fourth-order valence-electron chi connectivity index (χ4n) is 5.38. The van der Waals surface area contributed by atoms with Gasteiger partial charge >= 0.3 is 11.1 Å². The van der Waals surface area contributed by atoms with Crippen molar-refractivity contribution in [2.24, 2.45) is 0 Å². The highest BCUT2D eigenvalue weighted by Crippen LogP contribution is 2.35. The van der Waals surface area contributed by atoms with Crippen molar-refractivity contribution in [1.29, 1.82) is 0 Å². The predicted molar refractivity (Wildman–Crippen MR) is 110 cm³/mol. The number of hydrogen-bond acceptors (Lipinski definition) is 7. The van der Waals surface area contributed by atoms with Crippen LogP contribution in [0.3, 0.4) is 0 Å². The Balaban J connectivity index is 1.20. The molecule has 1 atom stereocenters. The van der Waals surface area contributed by atoms with Gasteiger partial charge in [-0.25, -0.2) is 4.68 Å². The second kappa shape index (κ2) is 7.20. The summed E-state index contributed by atoms with van der Waals surface area (Å²) in [6, 6.07) is 6.06. The second-order valence-corrected chi connectivity index (χ2v) is 9.12. The van der Waals surface area contributed by atoms with Crippen molar-refractivity contribution in [2.75, 3.05) is 19.9 Å². The molecule has 6 rings (SSSR count). The Morgan fingerprint density at radius 2 is 1.90 bits per heavy atom. The van der Waals surface area contributed by atoms with E-state index < -0.39 is 16.7 Å². The molecule has 0 amide bonds. The number of nitrogens with zero attached hydrogens (tertiary/aromatic N) is 4. The fraction of sp³-hybridized carbons (Fsp3) is 0.591. The molecule has 4 heterocycles. The molecular weight excluding hydrogens is 400 g/mol. The number of hydrogen-bond donors (Lipinski definition) is 0. The third kappa shape index (κ3) is 3.27. The van der Waals surface area contributed by atoms with E-state index in [-0.39, 0.29) is 19.4 Å². The van der Waals surface area contributed by atoms with Crippen LogP contribution >= 0.6 is 0 Å². The van der Waals surface area contributed by atoms with E-state index in [0.29, 0.717) is 18.9 Å². The molecule has 4 aliphatic rings. The zero-order valence-electron chi connectivity index (χ0n) is 17.4. The maximum Gasteiger partial charge on any atom is 0.332 e. The summed E-state index contributed by atoms with van der Waals surface area (Å²) in [6.07, 6.45) is 4.80. The first kappa shape index (κ1) is 19.1. The molecule has 1 aliphatic carbocycles. The average molecular weight is 426 g/mol. The first-order chi connectivity index (χ1) is 15.1. The molecule has 1 aromatic carbocycles. The number of benzene rings is 1. The van der Waals surface area contributed by atoms with Gasteiger partial charge in [0.2, 0.25) is 6.79 Å². The van der Waals surface area contributed by atoms with Gasteiger partial charge in [-0.2, -0.15) is 5.10 Å². The van der Waals surface area contributed by atoms with Gasteiger partial charge in [-0.05, 0) is 37.0 Å². The maximum atomic E-state index is 12.9. The van der Waals surface area contributed by atoms with Crippen molar-refractivity contribution in [2.45, 2.75) is 63.4 Å². The van der Waals surface area contributed by atoms with Gasteiger partial charge in [-0.15, -0.1) is 0 Å². The van der Waals surface area contributed by atoms with E-state index in [2.05, 4.69) is 16.1 Å². The van der Waals surface area contributed by atoms with Gasteiger partial charge in [0, 0.05) is 19.6 Å². The molecular formula is C22H26N4O5. The minimum absolute atomic E-state index is 0.0469. The lowest BCUT2D eigenvalue weighted by molar-refractivity contribution is -0.0860. The van der Waals surface area contributed by atoms with Crippen molar-refractivity contribution in [3.8, 4) is 11.5 Å². The molecule has 0 bridgehead atoms. The van der Waals surface area contributed by atoms with Crippen LogP contribution in [-0.2, 0) is 24.4 Å². The van der Waals surface area contributed by atoms with E-state index in [1.165, 1.54) is 4.68 Å². The molecule has 0 unspecified atom stereocenters. The van der Waals surface area contributed by atoms with Crippen LogP contribution in [0.1, 0.15) is 49.5 Å². The number of aromatic nitrogens is 3. The van der Waals surface area contributed by atoms with E-state index in [1.54, 1.807) is 4.57 Å². The minimum Gasteiger partial charge on any atom is -0.454 e. The van der Waals surface area contributed by atoms with E-state index in [9.17, 15) is 9.59 Å². The van der Waals surface area contributed by atoms with Gasteiger partial charge in [0.05, 0.1) is 12.6 Å². The van der Waals surface area contributed by atoms with E-state index in [4.69, 9.17) is 14.2 Å². The molecule has 2 fully saturated rings. The molecule has 1 saturated carbocycles. The normalized spacial score (nSPS) is 25.4. The topological polar surface area (TPSA) is 87.8 Å². The van der Waals surface area contributed by atoms with E-state index in [1.807, 2.05) is 12.1 Å². The summed E-state index contributed by atoms with van der Waals surface area (Å²) in [4.78, 5) is 28.0. The molecule has 1 saturated heterocycles. The molecule has 0 N–H and O–H groups in total. The highest BCUT2D eigenvalue weighted by atomic mass is 16.7. The third-order valence-corrected chi connectivity index (χ3v) is 7.03. The summed E-state index contributed by atoms with van der Waals surface area (Å²) in [5, 5.41) is 4.53. The zero-order chi connectivity index (χ0) is 21.0. The van der Waals surface area contributed by atoms with E-state index in [0.717, 1.165) is 62.3 Å². The van der Waals surface area contributed by atoms with Gasteiger partial charge in [-0.1, -0.05) is 18.9 Å². The summed E-state index contributed by atoms with van der Waals surface area (Å²) < 4.78 is 20.1. The van der Waals surface area contributed by atoms with Crippen LogP contribution in [0.2, 0.25) is 0 Å². The van der Waals surface area contributed by atoms with Crippen LogP contribution in [-0.4, -0.2) is 44.7 Å². The lowest BCUT2D eigenvalue weighted by atomic mass is 10.0. The predicted octanol–water partition coefficient (Wildman–Crippen LogP) is 1.42. The quantitative estimate of drug-likeness (QED) is 0.686. The van der Waals surface area contributed by atoms with Crippen LogP contribution in [0.4, 0.5) is 0 Å². The Kier molecular flexibility index (Phi) is 4.43. The second-order valence-electron chi connectivity index (χ2n) is 9.12. The van der Waals surface area contributed by atoms with Gasteiger partial charge in [0.15, 0.2) is 17.3 Å². The molecule has 31 heavy (non-hydrogen) atoms. The Hall–Kier alpha value is -2.65. The molecule has 9 nitrogen and oxygen atoms in total. The van der Waals surface area contributed by atoms with Crippen LogP contribution in [0.15, 0.2) is 27.8 Å². The number of likely N-dealkylation sites (tertiary alicyclic amines) is 1. The molecule has 0 radical (unpaired) electrons. The smallest absolute Gasteiger partial charge is 0.332 e. The van der Waals surface area contributed by atoms with Crippen molar-refractivity contribution < 1.29 is 14.2 Å². The monoisotopic (exact) mass is 426 g/mol. The molecule has 164 valence electrons. The average Bonchev–Trinajstić information content (AvgIpc) is 3.53. The number of ether oxygens (including phenoxy) is 3. The van der Waals surface area contributed by atoms with Crippen molar-refractivity contribution in [3.63, 3.8) is 0 Å². The van der Waals surface area contributed by atoms with Crippen LogP contribution in [0, 0.1) is 0 Å². The summed E-state index contributed by atoms with van der Waals surface area (Å²) >= 11 is 0.